The first-order valence-electron chi connectivity index (χ1n) is 8.76. The molecule has 1 aromatic heterocycles. The second-order valence-electron chi connectivity index (χ2n) is 6.23. The number of hydrogen-bond acceptors (Lipinski definition) is 6. The summed E-state index contributed by atoms with van der Waals surface area (Å²) in [4.78, 5) is 27.3. The fourth-order valence-corrected chi connectivity index (χ4v) is 2.78. The molecule has 9 heteroatoms. The predicted molar refractivity (Wildman–Crippen MR) is 106 cm³/mol. The van der Waals surface area contributed by atoms with Crippen LogP contribution < -0.4 is 5.32 Å². The van der Waals surface area contributed by atoms with E-state index >= 15 is 0 Å². The maximum atomic E-state index is 13.1. The average Bonchev–Trinajstić information content (AvgIpc) is 3.25. The molecule has 0 fully saturated rings. The van der Waals surface area contributed by atoms with E-state index in [-0.39, 0.29) is 28.8 Å². The molecule has 4 aromatic rings. The number of nitrogens with one attached hydrogen (secondary N) is 1. The van der Waals surface area contributed by atoms with E-state index in [2.05, 4.69) is 15.5 Å². The van der Waals surface area contributed by atoms with E-state index in [9.17, 15) is 19.3 Å². The number of amides is 1. The van der Waals surface area contributed by atoms with Crippen molar-refractivity contribution in [3.05, 3.63) is 94.3 Å². The third kappa shape index (κ3) is 3.90. The maximum absolute atomic E-state index is 13.1. The van der Waals surface area contributed by atoms with Gasteiger partial charge in [0.2, 0.25) is 5.82 Å². The average molecular weight is 404 g/mol. The lowest BCUT2D eigenvalue weighted by Crippen LogP contribution is -2.13. The van der Waals surface area contributed by atoms with Crippen molar-refractivity contribution in [2.24, 2.45) is 0 Å². The van der Waals surface area contributed by atoms with Crippen molar-refractivity contribution in [2.75, 3.05) is 5.32 Å². The van der Waals surface area contributed by atoms with Crippen LogP contribution in [0.4, 0.5) is 15.8 Å². The number of carbonyl (C=O) groups excluding carboxylic acids is 1. The Labute approximate surface area is 169 Å². The molecule has 1 heterocycles. The number of rotatable bonds is 5. The summed E-state index contributed by atoms with van der Waals surface area (Å²) in [7, 11) is 0. The standard InChI is InChI=1S/C21H13FN4O4/c22-14-7-5-13(6-8-14)19-24-21(30-25-19)18-4-2-1-3-17(18)20(27)23-15-9-11-16(12-10-15)26(28)29/h1-12H,(H,23,27). The van der Waals surface area contributed by atoms with Crippen LogP contribution >= 0.6 is 0 Å². The summed E-state index contributed by atoms with van der Waals surface area (Å²) < 4.78 is 18.4. The van der Waals surface area contributed by atoms with Gasteiger partial charge >= 0.3 is 0 Å². The Bertz CT molecular complexity index is 1220. The second kappa shape index (κ2) is 7.92. The fourth-order valence-electron chi connectivity index (χ4n) is 2.78. The second-order valence-corrected chi connectivity index (χ2v) is 6.23. The molecule has 0 aliphatic carbocycles. The van der Waals surface area contributed by atoms with Crippen molar-refractivity contribution in [2.45, 2.75) is 0 Å². The van der Waals surface area contributed by atoms with Crippen LogP contribution in [0.3, 0.4) is 0 Å². The molecule has 0 unspecified atom stereocenters. The molecule has 0 saturated heterocycles. The van der Waals surface area contributed by atoms with E-state index in [0.29, 0.717) is 16.8 Å². The number of hydrogen-bond donors (Lipinski definition) is 1. The monoisotopic (exact) mass is 404 g/mol. The Morgan fingerprint density at radius 2 is 1.70 bits per heavy atom. The molecule has 4 rings (SSSR count). The van der Waals surface area contributed by atoms with Gasteiger partial charge < -0.3 is 9.84 Å². The molecule has 30 heavy (non-hydrogen) atoms. The number of nitrogens with zero attached hydrogens (tertiary/aromatic N) is 3. The molecule has 3 aromatic carbocycles. The highest BCUT2D eigenvalue weighted by molar-refractivity contribution is 6.08. The van der Waals surface area contributed by atoms with Crippen LogP contribution in [0.2, 0.25) is 0 Å². The van der Waals surface area contributed by atoms with Crippen LogP contribution in [0.1, 0.15) is 10.4 Å². The van der Waals surface area contributed by atoms with Gasteiger partial charge in [0.15, 0.2) is 0 Å². The van der Waals surface area contributed by atoms with Gasteiger partial charge in [-0.05, 0) is 48.5 Å². The lowest BCUT2D eigenvalue weighted by molar-refractivity contribution is -0.384. The normalized spacial score (nSPS) is 10.6. The largest absolute Gasteiger partial charge is 0.334 e. The van der Waals surface area contributed by atoms with Gasteiger partial charge in [0.25, 0.3) is 17.5 Å². The number of benzene rings is 3. The number of carbonyl (C=O) groups is 1. The maximum Gasteiger partial charge on any atom is 0.269 e. The number of anilines is 1. The molecule has 0 atom stereocenters. The topological polar surface area (TPSA) is 111 Å². The van der Waals surface area contributed by atoms with Crippen molar-refractivity contribution >= 4 is 17.3 Å². The van der Waals surface area contributed by atoms with E-state index in [4.69, 9.17) is 4.52 Å². The number of aromatic nitrogens is 2. The van der Waals surface area contributed by atoms with Gasteiger partial charge in [0, 0.05) is 23.4 Å². The van der Waals surface area contributed by atoms with Crippen molar-refractivity contribution in [1.82, 2.24) is 10.1 Å². The highest BCUT2D eigenvalue weighted by Crippen LogP contribution is 2.26. The summed E-state index contributed by atoms with van der Waals surface area (Å²) in [6.07, 6.45) is 0. The SMILES string of the molecule is O=C(Nc1ccc([N+](=O)[O-])cc1)c1ccccc1-c1nc(-c2ccc(F)cc2)no1. The zero-order valence-corrected chi connectivity index (χ0v) is 15.3. The number of nitro groups is 1. The Morgan fingerprint density at radius 1 is 1.00 bits per heavy atom. The van der Waals surface area contributed by atoms with Gasteiger partial charge in [-0.3, -0.25) is 14.9 Å². The van der Waals surface area contributed by atoms with E-state index in [1.807, 2.05) is 0 Å². The van der Waals surface area contributed by atoms with Crippen LogP contribution in [0.25, 0.3) is 22.8 Å². The number of non-ortho nitro benzene ring substituents is 1. The number of nitro benzene ring substituents is 1. The van der Waals surface area contributed by atoms with Gasteiger partial charge in [-0.15, -0.1) is 0 Å². The third-order valence-corrected chi connectivity index (χ3v) is 4.27. The van der Waals surface area contributed by atoms with Crippen molar-refractivity contribution in [1.29, 1.82) is 0 Å². The molecule has 1 N–H and O–H groups in total. The van der Waals surface area contributed by atoms with E-state index in [1.165, 1.54) is 48.5 Å². The Morgan fingerprint density at radius 3 is 2.40 bits per heavy atom. The lowest BCUT2D eigenvalue weighted by atomic mass is 10.1. The summed E-state index contributed by atoms with van der Waals surface area (Å²) in [5.41, 5.74) is 1.59. The molecular formula is C21H13FN4O4. The summed E-state index contributed by atoms with van der Waals surface area (Å²) in [6, 6.07) is 17.8. The summed E-state index contributed by atoms with van der Waals surface area (Å²) >= 11 is 0. The first kappa shape index (κ1) is 18.9. The summed E-state index contributed by atoms with van der Waals surface area (Å²) in [5.74, 6) is -0.434. The molecule has 0 radical (unpaired) electrons. The van der Waals surface area contributed by atoms with Crippen LogP contribution in [-0.4, -0.2) is 21.0 Å². The first-order chi connectivity index (χ1) is 14.5. The molecule has 0 aliphatic heterocycles. The summed E-state index contributed by atoms with van der Waals surface area (Å²) in [6.45, 7) is 0. The van der Waals surface area contributed by atoms with Crippen molar-refractivity contribution in [3.63, 3.8) is 0 Å². The van der Waals surface area contributed by atoms with Crippen LogP contribution in [-0.2, 0) is 0 Å². The smallest absolute Gasteiger partial charge is 0.269 e. The fraction of sp³-hybridized carbons (Fsp3) is 0. The lowest BCUT2D eigenvalue weighted by Gasteiger charge is -2.07. The number of halogens is 1. The van der Waals surface area contributed by atoms with Crippen molar-refractivity contribution < 1.29 is 18.6 Å². The van der Waals surface area contributed by atoms with Crippen LogP contribution in [0, 0.1) is 15.9 Å². The molecule has 0 spiro atoms. The highest BCUT2D eigenvalue weighted by Gasteiger charge is 2.18. The molecule has 1 amide bonds. The molecule has 8 nitrogen and oxygen atoms in total. The Kier molecular flexibility index (Phi) is 5.00. The van der Waals surface area contributed by atoms with Gasteiger partial charge in [-0.1, -0.05) is 17.3 Å². The predicted octanol–water partition coefficient (Wildman–Crippen LogP) is 4.70. The van der Waals surface area contributed by atoms with Crippen LogP contribution in [0.5, 0.6) is 0 Å². The Balaban J connectivity index is 1.60. The molecule has 0 aliphatic rings. The minimum Gasteiger partial charge on any atom is -0.334 e. The van der Waals surface area contributed by atoms with E-state index in [0.717, 1.165) is 0 Å². The Hall–Kier alpha value is -4.40. The molecule has 0 bridgehead atoms. The first-order valence-corrected chi connectivity index (χ1v) is 8.76. The zero-order valence-electron chi connectivity index (χ0n) is 15.3. The quantitative estimate of drug-likeness (QED) is 0.381. The van der Waals surface area contributed by atoms with E-state index < -0.39 is 10.8 Å². The highest BCUT2D eigenvalue weighted by atomic mass is 19.1. The molecule has 0 saturated carbocycles. The minimum absolute atomic E-state index is 0.0763. The third-order valence-electron chi connectivity index (χ3n) is 4.27. The van der Waals surface area contributed by atoms with Gasteiger partial charge in [0.05, 0.1) is 16.1 Å². The van der Waals surface area contributed by atoms with Gasteiger partial charge in [-0.25, -0.2) is 4.39 Å². The molecular weight excluding hydrogens is 391 g/mol. The summed E-state index contributed by atoms with van der Waals surface area (Å²) in [5, 5.41) is 17.3. The van der Waals surface area contributed by atoms with E-state index in [1.54, 1.807) is 24.3 Å². The van der Waals surface area contributed by atoms with Crippen LogP contribution in [0.15, 0.2) is 77.3 Å². The minimum atomic E-state index is -0.519. The van der Waals surface area contributed by atoms with Gasteiger partial charge in [-0.2, -0.15) is 4.98 Å². The zero-order chi connectivity index (χ0) is 21.1. The molecule has 148 valence electrons. The van der Waals surface area contributed by atoms with Crippen molar-refractivity contribution in [3.8, 4) is 22.8 Å². The van der Waals surface area contributed by atoms with Gasteiger partial charge in [0.1, 0.15) is 5.82 Å².